The van der Waals surface area contributed by atoms with Crippen molar-refractivity contribution in [3.05, 3.63) is 95.2 Å². The van der Waals surface area contributed by atoms with E-state index in [0.29, 0.717) is 33.8 Å². The van der Waals surface area contributed by atoms with E-state index in [9.17, 15) is 4.79 Å². The molecule has 0 fully saturated rings. The first-order chi connectivity index (χ1) is 15.6. The number of benzene rings is 1. The van der Waals surface area contributed by atoms with Crippen molar-refractivity contribution in [2.75, 3.05) is 10.6 Å². The normalized spacial score (nSPS) is 15.1. The molecule has 8 nitrogen and oxygen atoms in total. The molecule has 1 atom stereocenters. The highest BCUT2D eigenvalue weighted by molar-refractivity contribution is 6.30. The largest absolute Gasteiger partial charge is 0.328 e. The standard InChI is InChI=1S/C23H18ClN7O/c1-14-19(22(32)28-18-5-3-11-26-13-18)20(15-6-8-17(24)9-7-15)31-23(27-14)29-21(30-31)16-4-2-10-25-12-16/h2-13,20H,1H3,(H,28,32)(H,27,29,30)/t20-/m0/s1. The SMILES string of the molecule is CC1=C(C(=O)Nc2cccnc2)[C@H](c2ccc(Cl)cc2)n2nc(-c3cccnc3)nc2N1. The van der Waals surface area contributed by atoms with Crippen molar-refractivity contribution in [3.8, 4) is 11.4 Å². The molecule has 32 heavy (non-hydrogen) atoms. The van der Waals surface area contributed by atoms with Gasteiger partial charge in [0.05, 0.1) is 17.5 Å². The van der Waals surface area contributed by atoms with Crippen LogP contribution >= 0.6 is 11.6 Å². The van der Waals surface area contributed by atoms with E-state index in [1.165, 1.54) is 0 Å². The van der Waals surface area contributed by atoms with Crippen LogP contribution in [0.4, 0.5) is 11.6 Å². The second-order valence-electron chi connectivity index (χ2n) is 7.26. The molecule has 3 aromatic heterocycles. The Kier molecular flexibility index (Phi) is 5.12. The van der Waals surface area contributed by atoms with Gasteiger partial charge in [-0.15, -0.1) is 5.10 Å². The summed E-state index contributed by atoms with van der Waals surface area (Å²) >= 11 is 6.12. The van der Waals surface area contributed by atoms with Crippen molar-refractivity contribution in [2.45, 2.75) is 13.0 Å². The predicted octanol–water partition coefficient (Wildman–Crippen LogP) is 4.32. The summed E-state index contributed by atoms with van der Waals surface area (Å²) in [5.74, 6) is 0.799. The van der Waals surface area contributed by atoms with Gasteiger partial charge in [-0.05, 0) is 48.9 Å². The molecule has 1 aliphatic heterocycles. The van der Waals surface area contributed by atoms with Crippen molar-refractivity contribution in [2.24, 2.45) is 0 Å². The average molecular weight is 444 g/mol. The number of rotatable bonds is 4. The van der Waals surface area contributed by atoms with Gasteiger partial charge in [-0.2, -0.15) is 4.98 Å². The molecule has 0 radical (unpaired) electrons. The molecule has 9 heteroatoms. The van der Waals surface area contributed by atoms with Crippen LogP contribution in [0.2, 0.25) is 5.02 Å². The highest BCUT2D eigenvalue weighted by Gasteiger charge is 2.34. The Morgan fingerprint density at radius 2 is 1.81 bits per heavy atom. The maximum atomic E-state index is 13.4. The molecule has 4 aromatic rings. The van der Waals surface area contributed by atoms with Crippen molar-refractivity contribution in [1.82, 2.24) is 24.7 Å². The quantitative estimate of drug-likeness (QED) is 0.487. The third kappa shape index (κ3) is 3.72. The van der Waals surface area contributed by atoms with Gasteiger partial charge in [0, 0.05) is 34.9 Å². The fourth-order valence-corrected chi connectivity index (χ4v) is 3.78. The molecule has 2 N–H and O–H groups in total. The molecular formula is C23H18ClN7O. The fourth-order valence-electron chi connectivity index (χ4n) is 3.65. The van der Waals surface area contributed by atoms with Crippen LogP contribution in [0.25, 0.3) is 11.4 Å². The van der Waals surface area contributed by atoms with Crippen molar-refractivity contribution in [3.63, 3.8) is 0 Å². The Hall–Kier alpha value is -4.04. The van der Waals surface area contributed by atoms with Crippen LogP contribution in [0.3, 0.4) is 0 Å². The van der Waals surface area contributed by atoms with Crippen molar-refractivity contribution >= 4 is 29.1 Å². The lowest BCUT2D eigenvalue weighted by Gasteiger charge is -2.28. The summed E-state index contributed by atoms with van der Waals surface area (Å²) in [6.07, 6.45) is 6.65. The van der Waals surface area contributed by atoms with E-state index in [-0.39, 0.29) is 5.91 Å². The van der Waals surface area contributed by atoms with Gasteiger partial charge in [0.2, 0.25) is 5.95 Å². The summed E-state index contributed by atoms with van der Waals surface area (Å²) in [7, 11) is 0. The van der Waals surface area contributed by atoms with E-state index in [1.54, 1.807) is 53.7 Å². The van der Waals surface area contributed by atoms with E-state index in [2.05, 4.69) is 25.6 Å². The summed E-state index contributed by atoms with van der Waals surface area (Å²) in [4.78, 5) is 26.2. The minimum Gasteiger partial charge on any atom is -0.328 e. The Morgan fingerprint density at radius 3 is 2.50 bits per heavy atom. The van der Waals surface area contributed by atoms with Gasteiger partial charge in [-0.1, -0.05) is 23.7 Å². The Balaban J connectivity index is 1.60. The number of carbonyl (C=O) groups excluding carboxylic acids is 1. The van der Waals surface area contributed by atoms with Gasteiger partial charge in [0.25, 0.3) is 5.91 Å². The molecule has 5 rings (SSSR count). The number of amides is 1. The summed E-state index contributed by atoms with van der Waals surface area (Å²) in [5, 5.41) is 11.5. The van der Waals surface area contributed by atoms with E-state index in [4.69, 9.17) is 16.7 Å². The molecule has 4 heterocycles. The summed E-state index contributed by atoms with van der Waals surface area (Å²) in [6, 6.07) is 14.1. The molecule has 0 bridgehead atoms. The van der Waals surface area contributed by atoms with Crippen LogP contribution < -0.4 is 10.6 Å². The molecule has 1 aliphatic rings. The van der Waals surface area contributed by atoms with Gasteiger partial charge < -0.3 is 10.6 Å². The van der Waals surface area contributed by atoms with Gasteiger partial charge in [0.15, 0.2) is 5.82 Å². The number of nitrogens with one attached hydrogen (secondary N) is 2. The predicted molar refractivity (Wildman–Crippen MR) is 122 cm³/mol. The second-order valence-corrected chi connectivity index (χ2v) is 7.70. The molecule has 1 aromatic carbocycles. The number of hydrogen-bond acceptors (Lipinski definition) is 6. The van der Waals surface area contributed by atoms with E-state index < -0.39 is 6.04 Å². The number of halogens is 1. The zero-order valence-corrected chi connectivity index (χ0v) is 17.8. The highest BCUT2D eigenvalue weighted by atomic mass is 35.5. The van der Waals surface area contributed by atoms with Crippen LogP contribution in [0, 0.1) is 0 Å². The zero-order valence-electron chi connectivity index (χ0n) is 17.0. The van der Waals surface area contributed by atoms with Crippen molar-refractivity contribution in [1.29, 1.82) is 0 Å². The average Bonchev–Trinajstić information content (AvgIpc) is 3.23. The van der Waals surface area contributed by atoms with Crippen LogP contribution in [0.15, 0.2) is 84.6 Å². The van der Waals surface area contributed by atoms with Gasteiger partial charge in [-0.25, -0.2) is 4.68 Å². The molecule has 0 saturated carbocycles. The minimum atomic E-state index is -0.502. The molecule has 0 spiro atoms. The summed E-state index contributed by atoms with van der Waals surface area (Å²) in [6.45, 7) is 1.85. The van der Waals surface area contributed by atoms with Gasteiger partial charge >= 0.3 is 0 Å². The number of nitrogens with zero attached hydrogens (tertiary/aromatic N) is 5. The number of fused-ring (bicyclic) bond motifs is 1. The number of pyridine rings is 2. The molecule has 158 valence electrons. The third-order valence-corrected chi connectivity index (χ3v) is 5.37. The van der Waals surface area contributed by atoms with Crippen LogP contribution in [0.1, 0.15) is 18.5 Å². The number of allylic oxidation sites excluding steroid dienone is 1. The fraction of sp³-hybridized carbons (Fsp3) is 0.0870. The van der Waals surface area contributed by atoms with Crippen LogP contribution in [0.5, 0.6) is 0 Å². The summed E-state index contributed by atoms with van der Waals surface area (Å²) in [5.41, 5.74) is 3.45. The minimum absolute atomic E-state index is 0.257. The van der Waals surface area contributed by atoms with Gasteiger partial charge in [-0.3, -0.25) is 14.8 Å². The Morgan fingerprint density at radius 1 is 1.06 bits per heavy atom. The third-order valence-electron chi connectivity index (χ3n) is 5.12. The van der Waals surface area contributed by atoms with E-state index >= 15 is 0 Å². The Bertz CT molecular complexity index is 1300. The maximum Gasteiger partial charge on any atom is 0.255 e. The van der Waals surface area contributed by atoms with Crippen LogP contribution in [-0.4, -0.2) is 30.6 Å². The lowest BCUT2D eigenvalue weighted by Crippen LogP contribution is -2.31. The number of carbonyl (C=O) groups is 1. The molecule has 1 amide bonds. The van der Waals surface area contributed by atoms with E-state index in [1.807, 2.05) is 31.2 Å². The number of aromatic nitrogens is 5. The highest BCUT2D eigenvalue weighted by Crippen LogP contribution is 2.37. The first kappa shape index (κ1) is 19.9. The van der Waals surface area contributed by atoms with Gasteiger partial charge in [0.1, 0.15) is 6.04 Å². The molecular weight excluding hydrogens is 426 g/mol. The Labute approximate surface area is 189 Å². The molecule has 0 unspecified atom stereocenters. The number of hydrogen-bond donors (Lipinski definition) is 2. The second kappa shape index (κ2) is 8.24. The molecule has 0 aliphatic carbocycles. The maximum absolute atomic E-state index is 13.4. The summed E-state index contributed by atoms with van der Waals surface area (Å²) < 4.78 is 1.72. The number of anilines is 2. The smallest absolute Gasteiger partial charge is 0.255 e. The van der Waals surface area contributed by atoms with E-state index in [0.717, 1.165) is 11.1 Å². The zero-order chi connectivity index (χ0) is 22.1. The lowest BCUT2D eigenvalue weighted by atomic mass is 9.95. The van der Waals surface area contributed by atoms with Crippen molar-refractivity contribution < 1.29 is 4.79 Å². The first-order valence-electron chi connectivity index (χ1n) is 9.92. The topological polar surface area (TPSA) is 97.6 Å². The lowest BCUT2D eigenvalue weighted by molar-refractivity contribution is -0.113. The molecule has 0 saturated heterocycles. The first-order valence-corrected chi connectivity index (χ1v) is 10.3. The van der Waals surface area contributed by atoms with Crippen LogP contribution in [-0.2, 0) is 4.79 Å². The monoisotopic (exact) mass is 443 g/mol.